The molecule has 1 aromatic carbocycles. The minimum absolute atomic E-state index is 0.0870. The number of hydrogen-bond donors (Lipinski definition) is 2. The molecule has 29 heavy (non-hydrogen) atoms. The molecule has 1 amide bonds. The van der Waals surface area contributed by atoms with Gasteiger partial charge in [0.15, 0.2) is 5.60 Å². The molecule has 2 atom stereocenters. The highest BCUT2D eigenvalue weighted by Gasteiger charge is 2.57. The van der Waals surface area contributed by atoms with E-state index in [2.05, 4.69) is 10.3 Å². The van der Waals surface area contributed by atoms with E-state index in [-0.39, 0.29) is 6.42 Å². The molecule has 1 aromatic heterocycles. The van der Waals surface area contributed by atoms with Crippen molar-refractivity contribution in [2.75, 3.05) is 6.54 Å². The minimum atomic E-state index is -5.00. The number of hydrogen-bond acceptors (Lipinski definition) is 5. The smallest absolute Gasteiger partial charge is 0.424 e. The fraction of sp³-hybridized carbons (Fsp3) is 0.421. The van der Waals surface area contributed by atoms with Crippen LogP contribution in [0, 0.1) is 0 Å². The van der Waals surface area contributed by atoms with E-state index in [4.69, 9.17) is 4.74 Å². The molecule has 7 nitrogen and oxygen atoms in total. The normalized spacial score (nSPS) is 21.1. The van der Waals surface area contributed by atoms with Crippen LogP contribution in [-0.4, -0.2) is 44.9 Å². The number of aromatic nitrogens is 2. The maximum Gasteiger partial charge on any atom is 0.424 e. The highest BCUT2D eigenvalue weighted by molar-refractivity contribution is 5.97. The molecule has 0 aliphatic carbocycles. The van der Waals surface area contributed by atoms with Crippen LogP contribution in [0.2, 0.25) is 0 Å². The summed E-state index contributed by atoms with van der Waals surface area (Å²) in [6.07, 6.45) is -3.34. The Balaban J connectivity index is 1.72. The Kier molecular flexibility index (Phi) is 5.16. The number of carbonyl (C=O) groups is 2. The second-order valence-corrected chi connectivity index (χ2v) is 7.18. The molecule has 3 rings (SSSR count). The van der Waals surface area contributed by atoms with Gasteiger partial charge in [-0.05, 0) is 18.6 Å². The topological polar surface area (TPSA) is 93.5 Å². The number of imidazole rings is 1. The summed E-state index contributed by atoms with van der Waals surface area (Å²) >= 11 is 0. The molecule has 1 aliphatic rings. The molecule has 156 valence electrons. The molecule has 1 aliphatic heterocycles. The molecule has 2 heterocycles. The lowest BCUT2D eigenvalue weighted by atomic mass is 9.89. The van der Waals surface area contributed by atoms with Gasteiger partial charge in [0.25, 0.3) is 5.91 Å². The first-order valence-corrected chi connectivity index (χ1v) is 8.84. The van der Waals surface area contributed by atoms with Gasteiger partial charge >= 0.3 is 12.1 Å². The number of aliphatic hydroxyl groups is 1. The number of fused-ring (bicyclic) bond motifs is 1. The lowest BCUT2D eigenvalue weighted by molar-refractivity contribution is -0.272. The second-order valence-electron chi connectivity index (χ2n) is 7.18. The van der Waals surface area contributed by atoms with Gasteiger partial charge in [-0.25, -0.2) is 9.78 Å². The van der Waals surface area contributed by atoms with Crippen LogP contribution in [0.15, 0.2) is 36.7 Å². The highest BCUT2D eigenvalue weighted by atomic mass is 19.4. The van der Waals surface area contributed by atoms with Crippen LogP contribution >= 0.6 is 0 Å². The Bertz CT molecular complexity index is 943. The molecule has 0 saturated heterocycles. The lowest BCUT2D eigenvalue weighted by Gasteiger charge is -2.34. The van der Waals surface area contributed by atoms with Crippen LogP contribution < -0.4 is 5.32 Å². The number of carbonyl (C=O) groups excluding carboxylic acids is 2. The Morgan fingerprint density at radius 1 is 1.38 bits per heavy atom. The predicted molar refractivity (Wildman–Crippen MR) is 94.8 cm³/mol. The maximum absolute atomic E-state index is 13.5. The van der Waals surface area contributed by atoms with Crippen molar-refractivity contribution in [3.63, 3.8) is 0 Å². The zero-order valence-electron chi connectivity index (χ0n) is 15.8. The summed E-state index contributed by atoms with van der Waals surface area (Å²) in [7, 11) is 1.33. The first-order chi connectivity index (χ1) is 13.5. The number of cyclic esters (lactones) is 1. The van der Waals surface area contributed by atoms with E-state index in [1.807, 2.05) is 0 Å². The predicted octanol–water partition coefficient (Wildman–Crippen LogP) is 1.85. The van der Waals surface area contributed by atoms with Crippen LogP contribution in [0.1, 0.15) is 35.1 Å². The molecule has 2 unspecified atom stereocenters. The summed E-state index contributed by atoms with van der Waals surface area (Å²) in [5.74, 6) is -2.00. The van der Waals surface area contributed by atoms with Gasteiger partial charge in [-0.1, -0.05) is 18.2 Å². The van der Waals surface area contributed by atoms with E-state index in [9.17, 15) is 27.9 Å². The quantitative estimate of drug-likeness (QED) is 0.733. The van der Waals surface area contributed by atoms with Crippen molar-refractivity contribution < 1.29 is 32.6 Å². The molecule has 0 radical (unpaired) electrons. The van der Waals surface area contributed by atoms with E-state index in [1.165, 1.54) is 20.2 Å². The largest absolute Gasteiger partial charge is 0.445 e. The molecule has 0 saturated carbocycles. The summed E-state index contributed by atoms with van der Waals surface area (Å²) in [5.41, 5.74) is -3.85. The number of rotatable bonds is 5. The number of alkyl halides is 3. The fourth-order valence-electron chi connectivity index (χ4n) is 3.35. The van der Waals surface area contributed by atoms with Gasteiger partial charge in [0.1, 0.15) is 5.82 Å². The molecule has 0 fully saturated rings. The van der Waals surface area contributed by atoms with E-state index in [0.29, 0.717) is 11.1 Å². The summed E-state index contributed by atoms with van der Waals surface area (Å²) < 4.78 is 46.9. The molecule has 2 aromatic rings. The molecule has 0 spiro atoms. The first kappa shape index (κ1) is 20.8. The van der Waals surface area contributed by atoms with Crippen LogP contribution in [0.5, 0.6) is 0 Å². The number of aryl methyl sites for hydroxylation is 1. The standard InChI is InChI=1S/C19H20F3N3O4/c1-17(11-12-5-3-4-6-13(12)14(26)29-17)16(27)24-8-7-18(28,19(20,21)22)15-23-9-10-25(15)2/h3-6,9-10,28H,7-8,11H2,1-2H3,(H,24,27). The second kappa shape index (κ2) is 7.18. The number of esters is 1. The molecule has 10 heteroatoms. The third-order valence-corrected chi connectivity index (χ3v) is 5.00. The van der Waals surface area contributed by atoms with Gasteiger partial charge in [-0.2, -0.15) is 13.2 Å². The zero-order chi connectivity index (χ0) is 21.4. The van der Waals surface area contributed by atoms with Crippen molar-refractivity contribution in [2.24, 2.45) is 7.05 Å². The van der Waals surface area contributed by atoms with Crippen molar-refractivity contribution in [3.05, 3.63) is 53.6 Å². The van der Waals surface area contributed by atoms with E-state index in [1.54, 1.807) is 24.3 Å². The molecule has 0 bridgehead atoms. The van der Waals surface area contributed by atoms with Crippen molar-refractivity contribution in [1.82, 2.24) is 14.9 Å². The van der Waals surface area contributed by atoms with Crippen molar-refractivity contribution in [2.45, 2.75) is 37.1 Å². The van der Waals surface area contributed by atoms with Gasteiger partial charge in [0, 0.05) is 38.8 Å². The van der Waals surface area contributed by atoms with Gasteiger partial charge < -0.3 is 19.7 Å². The summed E-state index contributed by atoms with van der Waals surface area (Å²) in [6, 6.07) is 6.64. The maximum atomic E-state index is 13.5. The fourth-order valence-corrected chi connectivity index (χ4v) is 3.35. The summed E-state index contributed by atoms with van der Waals surface area (Å²) in [4.78, 5) is 28.4. The SMILES string of the molecule is Cn1ccnc1C(O)(CCNC(=O)C1(C)Cc2ccccc2C(=O)O1)C(F)(F)F. The van der Waals surface area contributed by atoms with Crippen molar-refractivity contribution in [3.8, 4) is 0 Å². The number of ether oxygens (including phenoxy) is 1. The van der Waals surface area contributed by atoms with Gasteiger partial charge in [-0.3, -0.25) is 4.79 Å². The minimum Gasteiger partial charge on any atom is -0.445 e. The average molecular weight is 411 g/mol. The molecular weight excluding hydrogens is 391 g/mol. The van der Waals surface area contributed by atoms with E-state index in [0.717, 1.165) is 10.8 Å². The van der Waals surface area contributed by atoms with Crippen LogP contribution in [-0.2, 0) is 28.6 Å². The molecular formula is C19H20F3N3O4. The van der Waals surface area contributed by atoms with Crippen LogP contribution in [0.4, 0.5) is 13.2 Å². The van der Waals surface area contributed by atoms with Gasteiger partial charge in [-0.15, -0.1) is 0 Å². The van der Waals surface area contributed by atoms with Crippen LogP contribution in [0.25, 0.3) is 0 Å². The van der Waals surface area contributed by atoms with E-state index >= 15 is 0 Å². The third-order valence-electron chi connectivity index (χ3n) is 5.00. The number of benzene rings is 1. The number of nitrogens with zero attached hydrogens (tertiary/aromatic N) is 2. The number of nitrogens with one attached hydrogen (secondary N) is 1. The lowest BCUT2D eigenvalue weighted by Crippen LogP contribution is -2.53. The Morgan fingerprint density at radius 3 is 2.69 bits per heavy atom. The number of amides is 1. The van der Waals surface area contributed by atoms with Crippen molar-refractivity contribution >= 4 is 11.9 Å². The summed E-state index contributed by atoms with van der Waals surface area (Å²) in [6.45, 7) is 0.890. The summed E-state index contributed by atoms with van der Waals surface area (Å²) in [5, 5.41) is 12.6. The van der Waals surface area contributed by atoms with E-state index < -0.39 is 48.0 Å². The number of halogens is 3. The average Bonchev–Trinajstić information content (AvgIpc) is 3.07. The Morgan fingerprint density at radius 2 is 2.07 bits per heavy atom. The Labute approximate surface area is 164 Å². The van der Waals surface area contributed by atoms with Gasteiger partial charge in [0.05, 0.1) is 5.56 Å². The van der Waals surface area contributed by atoms with Crippen molar-refractivity contribution in [1.29, 1.82) is 0 Å². The third kappa shape index (κ3) is 3.71. The Hall–Kier alpha value is -2.88. The highest BCUT2D eigenvalue weighted by Crippen LogP contribution is 2.40. The first-order valence-electron chi connectivity index (χ1n) is 8.84. The van der Waals surface area contributed by atoms with Gasteiger partial charge in [0.2, 0.25) is 5.60 Å². The monoisotopic (exact) mass is 411 g/mol. The van der Waals surface area contributed by atoms with Crippen LogP contribution in [0.3, 0.4) is 0 Å². The zero-order valence-corrected chi connectivity index (χ0v) is 15.8. The molecule has 2 N–H and O–H groups in total.